The average molecular weight is 308 g/mol. The van der Waals surface area contributed by atoms with Gasteiger partial charge in [-0.25, -0.2) is 9.98 Å². The Labute approximate surface area is 130 Å². The fourth-order valence-electron chi connectivity index (χ4n) is 3.14. The van der Waals surface area contributed by atoms with Gasteiger partial charge in [0.25, 0.3) is 0 Å². The van der Waals surface area contributed by atoms with Gasteiger partial charge in [0.1, 0.15) is 0 Å². The summed E-state index contributed by atoms with van der Waals surface area (Å²) in [5.74, 6) is 1.04. The van der Waals surface area contributed by atoms with Crippen LogP contribution in [0.25, 0.3) is 0 Å². The number of hydrogen-bond donors (Lipinski definition) is 1. The van der Waals surface area contributed by atoms with Crippen LogP contribution in [-0.4, -0.2) is 48.7 Å². The predicted molar refractivity (Wildman–Crippen MR) is 85.7 cm³/mol. The summed E-state index contributed by atoms with van der Waals surface area (Å²) in [4.78, 5) is 12.8. The maximum Gasteiger partial charge on any atom is 0.194 e. The maximum atomic E-state index is 5.61. The van der Waals surface area contributed by atoms with Gasteiger partial charge in [-0.15, -0.1) is 11.3 Å². The summed E-state index contributed by atoms with van der Waals surface area (Å²) in [6, 6.07) is 0. The Morgan fingerprint density at radius 2 is 2.48 bits per heavy atom. The Hall–Kier alpha value is -1.14. The third kappa shape index (κ3) is 3.21. The molecule has 21 heavy (non-hydrogen) atoms. The van der Waals surface area contributed by atoms with Crippen LogP contribution in [0, 0.1) is 12.3 Å². The van der Waals surface area contributed by atoms with Crippen LogP contribution in [0.2, 0.25) is 0 Å². The normalized spacial score (nSPS) is 26.0. The molecule has 2 aliphatic rings. The molecule has 2 aliphatic heterocycles. The molecule has 1 spiro atoms. The van der Waals surface area contributed by atoms with E-state index in [-0.39, 0.29) is 0 Å². The van der Waals surface area contributed by atoms with Gasteiger partial charge >= 0.3 is 0 Å². The summed E-state index contributed by atoms with van der Waals surface area (Å²) in [6.07, 6.45) is 2.41. The third-order valence-corrected chi connectivity index (χ3v) is 5.39. The minimum Gasteiger partial charge on any atom is -0.381 e. The van der Waals surface area contributed by atoms with Crippen molar-refractivity contribution in [3.63, 3.8) is 0 Å². The number of aliphatic imine (C=N–C) groups is 1. The first-order chi connectivity index (χ1) is 10.2. The number of ether oxygens (including phenoxy) is 1. The fraction of sp³-hybridized carbons (Fsp3) is 0.733. The van der Waals surface area contributed by atoms with Crippen molar-refractivity contribution in [2.75, 3.05) is 32.8 Å². The third-order valence-electron chi connectivity index (χ3n) is 4.48. The van der Waals surface area contributed by atoms with Crippen LogP contribution >= 0.6 is 11.3 Å². The number of thiazole rings is 1. The Bertz CT molecular complexity index is 508. The summed E-state index contributed by atoms with van der Waals surface area (Å²) in [7, 11) is 0. The van der Waals surface area contributed by atoms with Gasteiger partial charge in [-0.3, -0.25) is 0 Å². The molecule has 1 atom stereocenters. The second-order valence-electron chi connectivity index (χ2n) is 6.01. The van der Waals surface area contributed by atoms with Crippen molar-refractivity contribution in [1.82, 2.24) is 15.2 Å². The van der Waals surface area contributed by atoms with E-state index < -0.39 is 0 Å². The van der Waals surface area contributed by atoms with Gasteiger partial charge in [-0.05, 0) is 26.7 Å². The molecule has 1 aromatic heterocycles. The van der Waals surface area contributed by atoms with Gasteiger partial charge in [-0.2, -0.15) is 0 Å². The summed E-state index contributed by atoms with van der Waals surface area (Å²) in [6.45, 7) is 9.78. The van der Waals surface area contributed by atoms with E-state index in [2.05, 4.69) is 29.0 Å². The van der Waals surface area contributed by atoms with Crippen molar-refractivity contribution >= 4 is 17.3 Å². The topological polar surface area (TPSA) is 49.8 Å². The zero-order chi connectivity index (χ0) is 14.7. The molecule has 0 aliphatic carbocycles. The Kier molecular flexibility index (Phi) is 4.45. The van der Waals surface area contributed by atoms with Crippen molar-refractivity contribution in [1.29, 1.82) is 0 Å². The van der Waals surface area contributed by atoms with E-state index in [1.807, 2.05) is 5.51 Å². The van der Waals surface area contributed by atoms with Crippen LogP contribution in [-0.2, 0) is 11.3 Å². The lowest BCUT2D eigenvalue weighted by Crippen LogP contribution is -2.41. The van der Waals surface area contributed by atoms with E-state index in [1.54, 1.807) is 11.3 Å². The highest BCUT2D eigenvalue weighted by Gasteiger charge is 2.42. The number of guanidine groups is 1. The Balaban J connectivity index is 1.68. The molecule has 0 amide bonds. The summed E-state index contributed by atoms with van der Waals surface area (Å²) in [5, 5.41) is 3.43. The number of aryl methyl sites for hydroxylation is 1. The SMILES string of the molecule is CCNC(=NCc1scnc1C)N1CCC2(CCOC2)C1. The van der Waals surface area contributed by atoms with Gasteiger partial charge in [0.15, 0.2) is 5.96 Å². The second kappa shape index (κ2) is 6.32. The number of hydrogen-bond acceptors (Lipinski definition) is 4. The number of rotatable bonds is 3. The molecule has 0 saturated carbocycles. The van der Waals surface area contributed by atoms with Crippen LogP contribution in [0.3, 0.4) is 0 Å². The van der Waals surface area contributed by atoms with Gasteiger partial charge in [-0.1, -0.05) is 0 Å². The number of likely N-dealkylation sites (tertiary alicyclic amines) is 1. The lowest BCUT2D eigenvalue weighted by molar-refractivity contribution is 0.156. The minimum atomic E-state index is 0.372. The van der Waals surface area contributed by atoms with Crippen LogP contribution in [0.1, 0.15) is 30.3 Å². The van der Waals surface area contributed by atoms with Gasteiger partial charge in [0.05, 0.1) is 24.4 Å². The lowest BCUT2D eigenvalue weighted by Gasteiger charge is -2.24. The molecule has 1 aromatic rings. The van der Waals surface area contributed by atoms with E-state index in [1.165, 1.54) is 17.7 Å². The monoisotopic (exact) mass is 308 g/mol. The van der Waals surface area contributed by atoms with E-state index >= 15 is 0 Å². The first-order valence-electron chi connectivity index (χ1n) is 7.72. The van der Waals surface area contributed by atoms with Crippen molar-refractivity contribution < 1.29 is 4.74 Å². The molecule has 2 fully saturated rings. The van der Waals surface area contributed by atoms with E-state index in [0.717, 1.165) is 51.0 Å². The summed E-state index contributed by atoms with van der Waals surface area (Å²) < 4.78 is 5.61. The smallest absolute Gasteiger partial charge is 0.194 e. The zero-order valence-corrected chi connectivity index (χ0v) is 13.7. The van der Waals surface area contributed by atoms with Crippen molar-refractivity contribution in [2.24, 2.45) is 10.4 Å². The zero-order valence-electron chi connectivity index (χ0n) is 12.9. The molecule has 1 N–H and O–H groups in total. The van der Waals surface area contributed by atoms with Crippen LogP contribution in [0.4, 0.5) is 0 Å². The standard InChI is InChI=1S/C15H24N4OS/c1-3-16-14(17-8-13-12(2)18-11-21-13)19-6-4-15(9-19)5-7-20-10-15/h11H,3-10H2,1-2H3,(H,16,17). The largest absolute Gasteiger partial charge is 0.381 e. The quantitative estimate of drug-likeness (QED) is 0.686. The molecular formula is C15H24N4OS. The summed E-state index contributed by atoms with van der Waals surface area (Å²) >= 11 is 1.69. The van der Waals surface area contributed by atoms with Gasteiger partial charge < -0.3 is 15.0 Å². The van der Waals surface area contributed by atoms with Crippen molar-refractivity contribution in [3.8, 4) is 0 Å². The molecule has 5 nitrogen and oxygen atoms in total. The highest BCUT2D eigenvalue weighted by Crippen LogP contribution is 2.38. The van der Waals surface area contributed by atoms with Crippen LogP contribution in [0.15, 0.2) is 10.5 Å². The number of aromatic nitrogens is 1. The molecule has 3 heterocycles. The number of nitrogens with one attached hydrogen (secondary N) is 1. The fourth-order valence-corrected chi connectivity index (χ4v) is 3.84. The molecular weight excluding hydrogens is 284 g/mol. The van der Waals surface area contributed by atoms with Crippen molar-refractivity contribution in [3.05, 3.63) is 16.1 Å². The first-order valence-corrected chi connectivity index (χ1v) is 8.60. The lowest BCUT2D eigenvalue weighted by atomic mass is 9.87. The van der Waals surface area contributed by atoms with E-state index in [9.17, 15) is 0 Å². The van der Waals surface area contributed by atoms with Crippen LogP contribution < -0.4 is 5.32 Å². The maximum absolute atomic E-state index is 5.61. The van der Waals surface area contributed by atoms with Crippen LogP contribution in [0.5, 0.6) is 0 Å². The predicted octanol–water partition coefficient (Wildman–Crippen LogP) is 2.03. The summed E-state index contributed by atoms with van der Waals surface area (Å²) in [5.41, 5.74) is 3.37. The number of nitrogens with zero attached hydrogens (tertiary/aromatic N) is 3. The highest BCUT2D eigenvalue weighted by molar-refractivity contribution is 7.09. The van der Waals surface area contributed by atoms with Crippen molar-refractivity contribution in [2.45, 2.75) is 33.2 Å². The van der Waals surface area contributed by atoms with E-state index in [0.29, 0.717) is 5.41 Å². The average Bonchev–Trinajstić information content (AvgIpc) is 3.19. The molecule has 0 radical (unpaired) electrons. The second-order valence-corrected chi connectivity index (χ2v) is 6.94. The molecule has 116 valence electrons. The molecule has 0 bridgehead atoms. The molecule has 1 unspecified atom stereocenters. The highest BCUT2D eigenvalue weighted by atomic mass is 32.1. The molecule has 6 heteroatoms. The minimum absolute atomic E-state index is 0.372. The molecule has 3 rings (SSSR count). The van der Waals surface area contributed by atoms with Gasteiger partial charge in [0, 0.05) is 36.5 Å². The first kappa shape index (κ1) is 14.8. The Morgan fingerprint density at radius 3 is 3.14 bits per heavy atom. The molecule has 2 saturated heterocycles. The molecule has 0 aromatic carbocycles. The Morgan fingerprint density at radius 1 is 1.57 bits per heavy atom. The van der Waals surface area contributed by atoms with E-state index in [4.69, 9.17) is 9.73 Å². The van der Waals surface area contributed by atoms with Gasteiger partial charge in [0.2, 0.25) is 0 Å².